The summed E-state index contributed by atoms with van der Waals surface area (Å²) in [6, 6.07) is 10.8. The van der Waals surface area contributed by atoms with E-state index in [1.54, 1.807) is 34.8 Å². The average Bonchev–Trinajstić information content (AvgIpc) is 3.20. The number of esters is 1. The molecule has 0 saturated carbocycles. The summed E-state index contributed by atoms with van der Waals surface area (Å²) in [5.41, 5.74) is -2.59. The van der Waals surface area contributed by atoms with Crippen molar-refractivity contribution in [1.29, 1.82) is 0 Å². The van der Waals surface area contributed by atoms with Gasteiger partial charge in [0.25, 0.3) is 0 Å². The monoisotopic (exact) mass is 846 g/mol. The third-order valence-corrected chi connectivity index (χ3v) is 13.2. The highest BCUT2D eigenvalue weighted by Gasteiger charge is 2.50. The molecule has 60 heavy (non-hydrogen) atoms. The second-order valence-electron chi connectivity index (χ2n) is 18.5. The minimum atomic E-state index is -1.87. The number of cyclic esters (lactones) is 1. The van der Waals surface area contributed by atoms with Crippen LogP contribution in [0.5, 0.6) is 5.75 Å². The number of carbonyl (C=O) groups excluding carboxylic acids is 2. The molecular weight excluding hydrogens is 771 g/mol. The lowest BCUT2D eigenvalue weighted by Crippen LogP contribution is -2.59. The van der Waals surface area contributed by atoms with Crippen LogP contribution in [-0.2, 0) is 23.8 Å². The molecule has 2 aliphatic rings. The van der Waals surface area contributed by atoms with Crippen molar-refractivity contribution in [2.45, 2.75) is 160 Å². The van der Waals surface area contributed by atoms with E-state index in [4.69, 9.17) is 18.9 Å². The molecule has 2 saturated heterocycles. The summed E-state index contributed by atoms with van der Waals surface area (Å²) in [6.07, 6.45) is -5.95. The van der Waals surface area contributed by atoms with E-state index < -0.39 is 77.8 Å². The number of methoxy groups -OCH3 is 1. The third kappa shape index (κ3) is 11.8. The zero-order valence-corrected chi connectivity index (χ0v) is 38.0. The molecule has 340 valence electrons. The van der Waals surface area contributed by atoms with Crippen molar-refractivity contribution in [2.24, 2.45) is 17.8 Å². The first-order chi connectivity index (χ1) is 28.0. The molecule has 14 heteroatoms. The number of hydrogen-bond donors (Lipinski definition) is 6. The number of nitrogens with zero attached hydrogens (tertiary/aromatic N) is 2. The highest BCUT2D eigenvalue weighted by Crippen LogP contribution is 2.37. The highest BCUT2D eigenvalue weighted by molar-refractivity contribution is 5.88. The molecule has 0 aliphatic carbocycles. The van der Waals surface area contributed by atoms with E-state index in [1.807, 2.05) is 81.1 Å². The van der Waals surface area contributed by atoms with Crippen LogP contribution < -0.4 is 10.1 Å². The van der Waals surface area contributed by atoms with Crippen molar-refractivity contribution >= 4 is 22.6 Å². The molecule has 0 bridgehead atoms. The summed E-state index contributed by atoms with van der Waals surface area (Å²) >= 11 is 0. The van der Waals surface area contributed by atoms with Gasteiger partial charge in [0, 0.05) is 37.6 Å². The summed E-state index contributed by atoms with van der Waals surface area (Å²) in [5, 5.41) is 64.3. The molecule has 0 spiro atoms. The molecule has 2 aromatic rings. The van der Waals surface area contributed by atoms with Gasteiger partial charge in [-0.15, -0.1) is 0 Å². The van der Waals surface area contributed by atoms with E-state index >= 15 is 0 Å². The predicted octanol–water partition coefficient (Wildman–Crippen LogP) is 3.82. The van der Waals surface area contributed by atoms with Gasteiger partial charge < -0.3 is 54.7 Å². The Labute approximate surface area is 357 Å². The van der Waals surface area contributed by atoms with Crippen LogP contribution in [0.4, 0.5) is 0 Å². The van der Waals surface area contributed by atoms with Crippen LogP contribution in [0.25, 0.3) is 10.8 Å². The number of benzene rings is 2. The molecule has 4 rings (SSSR count). The van der Waals surface area contributed by atoms with Gasteiger partial charge in [0.15, 0.2) is 6.29 Å². The number of hydrogen-bond acceptors (Lipinski definition) is 13. The van der Waals surface area contributed by atoms with Gasteiger partial charge in [-0.25, -0.2) is 0 Å². The molecule has 2 heterocycles. The summed E-state index contributed by atoms with van der Waals surface area (Å²) in [4.78, 5) is 31.0. The maximum Gasteiger partial charge on any atom is 0.311 e. The normalized spacial score (nSPS) is 37.2. The Balaban J connectivity index is 1.58. The van der Waals surface area contributed by atoms with Gasteiger partial charge in [0.05, 0.1) is 42.9 Å². The van der Waals surface area contributed by atoms with Gasteiger partial charge in [0.2, 0.25) is 5.91 Å². The average molecular weight is 846 g/mol. The molecule has 6 N–H and O–H groups in total. The largest absolute Gasteiger partial charge is 0.497 e. The van der Waals surface area contributed by atoms with Crippen LogP contribution in [0.15, 0.2) is 36.4 Å². The Morgan fingerprint density at radius 1 is 1.02 bits per heavy atom. The standard InChI is InChI=1S/C46H75N3O11/c1-13-37-46(9,56)40(52)31(7)49(20-14-19-47-42(53)28(4)32-15-16-34-23-35(57-12)18-17-33(34)22-32)25-26(2)24-45(8,55)41(29(5)38(50)30(6)43(54)59-37)60-44-39(51)36(48(10)11)21-27(3)58-44/h15-18,22-23,26-31,36-41,44,50-52,55-56H,13-14,19-21,24-25H2,1-12H3,(H,47,53)/t26-,27-,28-,29+,30-,31-,36+,37-,38+,39-,40-,41-,44+,45-,46-/m1/s1. The van der Waals surface area contributed by atoms with Gasteiger partial charge in [-0.05, 0) is 116 Å². The maximum absolute atomic E-state index is 13.7. The minimum absolute atomic E-state index is 0.122. The molecule has 2 aromatic carbocycles. The summed E-state index contributed by atoms with van der Waals surface area (Å²) in [6.45, 7) is 16.7. The van der Waals surface area contributed by atoms with Gasteiger partial charge in [-0.3, -0.25) is 14.5 Å². The third-order valence-electron chi connectivity index (χ3n) is 13.2. The van der Waals surface area contributed by atoms with Crippen molar-refractivity contribution in [3.63, 3.8) is 0 Å². The molecule has 1 amide bonds. The zero-order valence-electron chi connectivity index (χ0n) is 38.0. The van der Waals surface area contributed by atoms with Gasteiger partial charge in [-0.2, -0.15) is 0 Å². The number of nitrogens with one attached hydrogen (secondary N) is 1. The van der Waals surface area contributed by atoms with Gasteiger partial charge in [0.1, 0.15) is 29.7 Å². The van der Waals surface area contributed by atoms with Crippen LogP contribution in [0.1, 0.15) is 99.5 Å². The Bertz CT molecular complexity index is 1710. The predicted molar refractivity (Wildman–Crippen MR) is 230 cm³/mol. The second kappa shape index (κ2) is 21.0. The number of fused-ring (bicyclic) bond motifs is 1. The summed E-state index contributed by atoms with van der Waals surface area (Å²) in [7, 11) is 5.37. The molecule has 0 radical (unpaired) electrons. The number of rotatable bonds is 11. The second-order valence-corrected chi connectivity index (χ2v) is 18.5. The van der Waals surface area contributed by atoms with E-state index in [1.165, 1.54) is 13.8 Å². The molecule has 0 unspecified atom stereocenters. The van der Waals surface area contributed by atoms with Gasteiger partial charge in [-0.1, -0.05) is 45.0 Å². The first kappa shape index (κ1) is 49.7. The van der Waals surface area contributed by atoms with Gasteiger partial charge >= 0.3 is 5.97 Å². The zero-order chi connectivity index (χ0) is 44.9. The topological polar surface area (TPSA) is 191 Å². The van der Waals surface area contributed by atoms with Crippen LogP contribution in [0, 0.1) is 17.8 Å². The van der Waals surface area contributed by atoms with Crippen molar-refractivity contribution in [2.75, 3.05) is 40.8 Å². The lowest BCUT2D eigenvalue weighted by atomic mass is 9.78. The summed E-state index contributed by atoms with van der Waals surface area (Å²) < 4.78 is 23.9. The number of likely N-dealkylation sites (N-methyl/N-ethyl adjacent to an activating group) is 1. The fourth-order valence-corrected chi connectivity index (χ4v) is 9.34. The molecule has 14 nitrogen and oxygen atoms in total. The Morgan fingerprint density at radius 2 is 1.67 bits per heavy atom. The van der Waals surface area contributed by atoms with Crippen LogP contribution in [-0.4, -0.2) is 154 Å². The SMILES string of the molecule is CC[C@H]1OC(=O)[C@H](C)[C@@H](O)[C@H](C)[C@@H](O[C@@H]2O[C@H](C)C[C@H](N(C)C)[C@H]2O)[C@](C)(O)C[C@@H](C)CN(CCCNC(=O)[C@H](C)c2ccc3cc(OC)ccc3c2)[C@H](C)[C@@H](O)[C@]1(C)O. The highest BCUT2D eigenvalue weighted by atomic mass is 16.7. The first-order valence-corrected chi connectivity index (χ1v) is 21.8. The van der Waals surface area contributed by atoms with E-state index in [0.717, 1.165) is 22.1 Å². The van der Waals surface area contributed by atoms with Crippen molar-refractivity contribution < 1.29 is 54.1 Å². The summed E-state index contributed by atoms with van der Waals surface area (Å²) in [5.74, 6) is -2.72. The quantitative estimate of drug-likeness (QED) is 0.142. The van der Waals surface area contributed by atoms with E-state index in [2.05, 4.69) is 5.32 Å². The van der Waals surface area contributed by atoms with Crippen LogP contribution >= 0.6 is 0 Å². The molecular formula is C46H75N3O11. The molecule has 15 atom stereocenters. The Kier molecular flexibility index (Phi) is 17.4. The Hall–Kier alpha value is -2.92. The minimum Gasteiger partial charge on any atom is -0.497 e. The molecule has 2 aliphatic heterocycles. The maximum atomic E-state index is 13.7. The first-order valence-electron chi connectivity index (χ1n) is 21.8. The lowest BCUT2D eigenvalue weighted by Gasteiger charge is -2.46. The van der Waals surface area contributed by atoms with Crippen molar-refractivity contribution in [3.05, 3.63) is 42.0 Å². The van der Waals surface area contributed by atoms with Crippen LogP contribution in [0.2, 0.25) is 0 Å². The smallest absolute Gasteiger partial charge is 0.311 e. The number of aliphatic hydroxyl groups excluding tert-OH is 3. The Morgan fingerprint density at radius 3 is 2.30 bits per heavy atom. The van der Waals surface area contributed by atoms with E-state index in [0.29, 0.717) is 32.5 Å². The van der Waals surface area contributed by atoms with Crippen molar-refractivity contribution in [1.82, 2.24) is 15.1 Å². The van der Waals surface area contributed by atoms with E-state index in [-0.39, 0.29) is 36.8 Å². The molecule has 0 aromatic heterocycles. The fourth-order valence-electron chi connectivity index (χ4n) is 9.34. The van der Waals surface area contributed by atoms with Crippen LogP contribution in [0.3, 0.4) is 0 Å². The number of aliphatic hydroxyl groups is 5. The number of carbonyl (C=O) groups is 2. The number of ether oxygens (including phenoxy) is 4. The lowest BCUT2D eigenvalue weighted by molar-refractivity contribution is -0.299. The van der Waals surface area contributed by atoms with E-state index in [9.17, 15) is 35.1 Å². The molecule has 2 fully saturated rings. The number of amides is 1. The fraction of sp³-hybridized carbons (Fsp3) is 0.739. The van der Waals surface area contributed by atoms with Crippen molar-refractivity contribution in [3.8, 4) is 5.75 Å².